The van der Waals surface area contributed by atoms with E-state index in [0.29, 0.717) is 55.5 Å². The fraction of sp³-hybridized carbons (Fsp3) is 0.933. The Balaban J connectivity index is 1.36. The van der Waals surface area contributed by atoms with E-state index in [4.69, 9.17) is 0 Å². The number of carbonyl (C=O) groups is 2. The van der Waals surface area contributed by atoms with Crippen molar-refractivity contribution in [2.75, 3.05) is 13.1 Å². The van der Waals surface area contributed by atoms with Crippen molar-refractivity contribution in [2.45, 2.75) is 117 Å². The molecule has 4 aliphatic carbocycles. The standard InChI is InChI=1S/C30H52N2O5/c1-5-13-31-27(37)11-14-32-26(36)9-6-18(2)21-7-8-22-28-23(17-25(35)30(21,22)4)29(3)12-10-20(33)15-19(29)16-24(28)34/h18-25,28,33-35H,5-17H2,1-4H3,(H,31,37)(H,32,36)/t18-,19?,20?,21?,22?,23?,24?,25?,28?,29+,30-/m1/s1. The van der Waals surface area contributed by atoms with Gasteiger partial charge in [-0.05, 0) is 104 Å². The molecule has 4 saturated carbocycles. The highest BCUT2D eigenvalue weighted by atomic mass is 16.3. The van der Waals surface area contributed by atoms with Crippen molar-refractivity contribution >= 4 is 11.8 Å². The van der Waals surface area contributed by atoms with E-state index in [9.17, 15) is 24.9 Å². The van der Waals surface area contributed by atoms with Gasteiger partial charge in [-0.1, -0.05) is 27.7 Å². The lowest BCUT2D eigenvalue weighted by atomic mass is 9.43. The fourth-order valence-corrected chi connectivity index (χ4v) is 9.45. The molecule has 11 atom stereocenters. The van der Waals surface area contributed by atoms with E-state index in [1.165, 1.54) is 0 Å². The van der Waals surface area contributed by atoms with Crippen molar-refractivity contribution in [3.8, 4) is 0 Å². The molecule has 5 N–H and O–H groups in total. The molecule has 0 aromatic carbocycles. The summed E-state index contributed by atoms with van der Waals surface area (Å²) in [5.41, 5.74) is -0.159. The average molecular weight is 521 g/mol. The average Bonchev–Trinajstić information content (AvgIpc) is 3.21. The Labute approximate surface area is 223 Å². The number of hydrogen-bond donors (Lipinski definition) is 5. The quantitative estimate of drug-likeness (QED) is 0.319. The second-order valence-electron chi connectivity index (χ2n) is 13.5. The molecule has 4 fully saturated rings. The van der Waals surface area contributed by atoms with Gasteiger partial charge >= 0.3 is 0 Å². The number of nitrogens with one attached hydrogen (secondary N) is 2. The molecule has 0 aromatic rings. The van der Waals surface area contributed by atoms with Crippen molar-refractivity contribution in [1.82, 2.24) is 10.6 Å². The van der Waals surface area contributed by atoms with Crippen molar-refractivity contribution in [2.24, 2.45) is 46.3 Å². The maximum atomic E-state index is 12.5. The number of aliphatic hydroxyl groups is 3. The summed E-state index contributed by atoms with van der Waals surface area (Å²) in [7, 11) is 0. The second-order valence-corrected chi connectivity index (χ2v) is 13.5. The number of rotatable bonds is 9. The van der Waals surface area contributed by atoms with Gasteiger partial charge in [-0.2, -0.15) is 0 Å². The molecule has 0 spiro atoms. The Morgan fingerprint density at radius 3 is 2.35 bits per heavy atom. The molecule has 0 aliphatic heterocycles. The van der Waals surface area contributed by atoms with E-state index >= 15 is 0 Å². The van der Waals surface area contributed by atoms with Crippen LogP contribution in [-0.2, 0) is 9.59 Å². The Kier molecular flexibility index (Phi) is 8.97. The third-order valence-electron chi connectivity index (χ3n) is 11.6. The number of hydrogen-bond acceptors (Lipinski definition) is 5. The van der Waals surface area contributed by atoms with E-state index in [-0.39, 0.29) is 40.8 Å². The van der Waals surface area contributed by atoms with Gasteiger partial charge in [0.25, 0.3) is 0 Å². The summed E-state index contributed by atoms with van der Waals surface area (Å²) in [6, 6.07) is 0. The van der Waals surface area contributed by atoms with Crippen LogP contribution in [0.15, 0.2) is 0 Å². The Morgan fingerprint density at radius 1 is 0.919 bits per heavy atom. The minimum atomic E-state index is -0.404. The first kappa shape index (κ1) is 28.8. The molecular weight excluding hydrogens is 468 g/mol. The Hall–Kier alpha value is -1.18. The Morgan fingerprint density at radius 2 is 1.62 bits per heavy atom. The largest absolute Gasteiger partial charge is 0.393 e. The van der Waals surface area contributed by atoms with Crippen LogP contribution in [0, 0.1) is 46.3 Å². The Bertz CT molecular complexity index is 822. The number of amides is 2. The van der Waals surface area contributed by atoms with Gasteiger partial charge in [-0.25, -0.2) is 0 Å². The lowest BCUT2D eigenvalue weighted by molar-refractivity contribution is -0.207. The number of fused-ring (bicyclic) bond motifs is 5. The first-order valence-corrected chi connectivity index (χ1v) is 15.1. The molecule has 0 saturated heterocycles. The summed E-state index contributed by atoms with van der Waals surface area (Å²) >= 11 is 0. The molecule has 7 nitrogen and oxygen atoms in total. The normalized spacial score (nSPS) is 43.8. The first-order valence-electron chi connectivity index (χ1n) is 15.1. The monoisotopic (exact) mass is 520 g/mol. The van der Waals surface area contributed by atoms with Crippen LogP contribution < -0.4 is 10.6 Å². The molecule has 2 amide bonds. The number of aliphatic hydroxyl groups excluding tert-OH is 3. The molecule has 0 heterocycles. The van der Waals surface area contributed by atoms with E-state index < -0.39 is 6.10 Å². The summed E-state index contributed by atoms with van der Waals surface area (Å²) in [5.74, 6) is 1.72. The molecule has 37 heavy (non-hydrogen) atoms. The van der Waals surface area contributed by atoms with E-state index in [1.807, 2.05) is 6.92 Å². The van der Waals surface area contributed by atoms with E-state index in [0.717, 1.165) is 57.8 Å². The first-order chi connectivity index (χ1) is 17.5. The SMILES string of the molecule is CCCNC(=O)CCNC(=O)CC[C@@H](C)C1CCC2C3C(O)CC4CC(O)CC[C@]4(C)C3CC(O)[C@@]21C. The smallest absolute Gasteiger partial charge is 0.221 e. The molecule has 4 aliphatic rings. The van der Waals surface area contributed by atoms with Gasteiger partial charge in [0.05, 0.1) is 18.3 Å². The zero-order chi connectivity index (χ0) is 27.0. The van der Waals surface area contributed by atoms with Crippen LogP contribution in [0.25, 0.3) is 0 Å². The zero-order valence-electron chi connectivity index (χ0n) is 23.5. The lowest BCUT2D eigenvalue weighted by Gasteiger charge is -2.63. The molecule has 8 unspecified atom stereocenters. The highest BCUT2D eigenvalue weighted by Gasteiger charge is 2.65. The lowest BCUT2D eigenvalue weighted by Crippen LogP contribution is -2.62. The second kappa shape index (κ2) is 11.5. The summed E-state index contributed by atoms with van der Waals surface area (Å²) < 4.78 is 0. The van der Waals surface area contributed by atoms with Crippen molar-refractivity contribution < 1.29 is 24.9 Å². The van der Waals surface area contributed by atoms with Gasteiger partial charge in [0.2, 0.25) is 11.8 Å². The molecule has 7 heteroatoms. The van der Waals surface area contributed by atoms with Crippen LogP contribution >= 0.6 is 0 Å². The van der Waals surface area contributed by atoms with Crippen molar-refractivity contribution in [1.29, 1.82) is 0 Å². The fourth-order valence-electron chi connectivity index (χ4n) is 9.45. The minimum Gasteiger partial charge on any atom is -0.393 e. The third kappa shape index (κ3) is 5.47. The molecule has 0 bridgehead atoms. The van der Waals surface area contributed by atoms with E-state index in [1.54, 1.807) is 0 Å². The molecular formula is C30H52N2O5. The molecule has 0 radical (unpaired) electrons. The van der Waals surface area contributed by atoms with Crippen molar-refractivity contribution in [3.63, 3.8) is 0 Å². The van der Waals surface area contributed by atoms with Crippen LogP contribution in [0.2, 0.25) is 0 Å². The van der Waals surface area contributed by atoms with E-state index in [2.05, 4.69) is 31.4 Å². The van der Waals surface area contributed by atoms with Crippen LogP contribution in [0.1, 0.15) is 98.3 Å². The predicted molar refractivity (Wildman–Crippen MR) is 143 cm³/mol. The van der Waals surface area contributed by atoms with Crippen molar-refractivity contribution in [3.05, 3.63) is 0 Å². The van der Waals surface area contributed by atoms with Gasteiger partial charge in [0.1, 0.15) is 0 Å². The maximum absolute atomic E-state index is 12.5. The summed E-state index contributed by atoms with van der Waals surface area (Å²) in [6.45, 7) is 9.88. The van der Waals surface area contributed by atoms with Gasteiger partial charge in [-0.15, -0.1) is 0 Å². The summed E-state index contributed by atoms with van der Waals surface area (Å²) in [6.07, 6.45) is 7.55. The third-order valence-corrected chi connectivity index (χ3v) is 11.6. The van der Waals surface area contributed by atoms with Crippen LogP contribution in [0.5, 0.6) is 0 Å². The zero-order valence-corrected chi connectivity index (χ0v) is 23.5. The molecule has 0 aromatic heterocycles. The molecule has 212 valence electrons. The van der Waals surface area contributed by atoms with Gasteiger partial charge in [0, 0.05) is 25.9 Å². The summed E-state index contributed by atoms with van der Waals surface area (Å²) in [5, 5.41) is 39.1. The summed E-state index contributed by atoms with van der Waals surface area (Å²) in [4.78, 5) is 24.2. The van der Waals surface area contributed by atoms with Gasteiger partial charge in [0.15, 0.2) is 0 Å². The van der Waals surface area contributed by atoms with Crippen LogP contribution in [-0.4, -0.2) is 58.5 Å². The highest BCUT2D eigenvalue weighted by molar-refractivity contribution is 5.78. The topological polar surface area (TPSA) is 119 Å². The maximum Gasteiger partial charge on any atom is 0.221 e. The highest BCUT2D eigenvalue weighted by Crippen LogP contribution is 2.68. The van der Waals surface area contributed by atoms with Gasteiger partial charge < -0.3 is 26.0 Å². The minimum absolute atomic E-state index is 0.0137. The predicted octanol–water partition coefficient (Wildman–Crippen LogP) is 3.40. The van der Waals surface area contributed by atoms with Crippen LogP contribution in [0.3, 0.4) is 0 Å². The molecule has 4 rings (SSSR count). The van der Waals surface area contributed by atoms with Crippen LogP contribution in [0.4, 0.5) is 0 Å². The number of carbonyl (C=O) groups excluding carboxylic acids is 2. The van der Waals surface area contributed by atoms with Gasteiger partial charge in [-0.3, -0.25) is 9.59 Å².